The smallest absolute Gasteiger partial charge is 0.126 e. The standard InChI is InChI=1S/C16H13BrF2/c17-16(13-7-14(18)9-15(19)8-13)12-5-4-10-2-1-3-11(10)6-12/h4-9,16H,1-3H2. The Hall–Kier alpha value is -1.22. The molecule has 1 aliphatic carbocycles. The van der Waals surface area contributed by atoms with Gasteiger partial charge in [0.15, 0.2) is 0 Å². The molecule has 0 nitrogen and oxygen atoms in total. The molecule has 0 saturated carbocycles. The highest BCUT2D eigenvalue weighted by molar-refractivity contribution is 9.09. The van der Waals surface area contributed by atoms with Gasteiger partial charge in [0.1, 0.15) is 11.6 Å². The Balaban J connectivity index is 1.97. The molecule has 0 amide bonds. The highest BCUT2D eigenvalue weighted by Crippen LogP contribution is 2.34. The normalized spacial score (nSPS) is 15.3. The Bertz CT molecular complexity index is 602. The van der Waals surface area contributed by atoms with Crippen LogP contribution >= 0.6 is 15.9 Å². The van der Waals surface area contributed by atoms with Gasteiger partial charge in [-0.25, -0.2) is 8.78 Å². The molecule has 3 heteroatoms. The van der Waals surface area contributed by atoms with E-state index in [-0.39, 0.29) is 4.83 Å². The molecule has 1 unspecified atom stereocenters. The van der Waals surface area contributed by atoms with Gasteiger partial charge in [0.05, 0.1) is 4.83 Å². The van der Waals surface area contributed by atoms with E-state index in [1.54, 1.807) is 0 Å². The van der Waals surface area contributed by atoms with Crippen molar-refractivity contribution in [3.63, 3.8) is 0 Å². The quantitative estimate of drug-likeness (QED) is 0.687. The summed E-state index contributed by atoms with van der Waals surface area (Å²) in [6.07, 6.45) is 3.43. The molecule has 0 aliphatic heterocycles. The monoisotopic (exact) mass is 322 g/mol. The maximum absolute atomic E-state index is 13.3. The lowest BCUT2D eigenvalue weighted by molar-refractivity contribution is 0.580. The third-order valence-corrected chi connectivity index (χ3v) is 4.65. The first-order valence-electron chi connectivity index (χ1n) is 6.35. The molecular formula is C16H13BrF2. The van der Waals surface area contributed by atoms with E-state index < -0.39 is 11.6 Å². The summed E-state index contributed by atoms with van der Waals surface area (Å²) < 4.78 is 26.5. The van der Waals surface area contributed by atoms with Crippen molar-refractivity contribution in [2.45, 2.75) is 24.1 Å². The van der Waals surface area contributed by atoms with Crippen molar-refractivity contribution in [3.8, 4) is 0 Å². The Morgan fingerprint density at radius 1 is 0.842 bits per heavy atom. The van der Waals surface area contributed by atoms with Gasteiger partial charge in [-0.1, -0.05) is 34.1 Å². The van der Waals surface area contributed by atoms with Crippen LogP contribution in [0.4, 0.5) is 8.78 Å². The predicted molar refractivity (Wildman–Crippen MR) is 75.6 cm³/mol. The number of alkyl halides is 1. The molecule has 0 aromatic heterocycles. The van der Waals surface area contributed by atoms with E-state index in [4.69, 9.17) is 0 Å². The van der Waals surface area contributed by atoms with E-state index in [2.05, 4.69) is 28.1 Å². The second-order valence-corrected chi connectivity index (χ2v) is 5.86. The summed E-state index contributed by atoms with van der Waals surface area (Å²) >= 11 is 3.54. The zero-order valence-corrected chi connectivity index (χ0v) is 11.9. The summed E-state index contributed by atoms with van der Waals surface area (Å²) in [5.74, 6) is -1.08. The van der Waals surface area contributed by atoms with E-state index in [0.717, 1.165) is 24.5 Å². The highest BCUT2D eigenvalue weighted by atomic mass is 79.9. The predicted octanol–water partition coefficient (Wildman–Crippen LogP) is 4.94. The Morgan fingerprint density at radius 2 is 1.53 bits per heavy atom. The van der Waals surface area contributed by atoms with E-state index in [1.165, 1.54) is 29.7 Å². The van der Waals surface area contributed by atoms with Gasteiger partial charge in [0, 0.05) is 6.07 Å². The lowest BCUT2D eigenvalue weighted by atomic mass is 10.0. The van der Waals surface area contributed by atoms with Gasteiger partial charge in [0.2, 0.25) is 0 Å². The lowest BCUT2D eigenvalue weighted by Gasteiger charge is -2.13. The van der Waals surface area contributed by atoms with Crippen molar-refractivity contribution in [1.82, 2.24) is 0 Å². The minimum absolute atomic E-state index is 0.177. The van der Waals surface area contributed by atoms with Crippen molar-refractivity contribution in [2.75, 3.05) is 0 Å². The zero-order chi connectivity index (χ0) is 13.4. The fraction of sp³-hybridized carbons (Fsp3) is 0.250. The van der Waals surface area contributed by atoms with Crippen LogP contribution in [0.2, 0.25) is 0 Å². The van der Waals surface area contributed by atoms with Gasteiger partial charge < -0.3 is 0 Å². The summed E-state index contributed by atoms with van der Waals surface area (Å²) in [6, 6.07) is 9.94. The van der Waals surface area contributed by atoms with Gasteiger partial charge in [-0.2, -0.15) is 0 Å². The lowest BCUT2D eigenvalue weighted by Crippen LogP contribution is -1.96. The summed E-state index contributed by atoms with van der Waals surface area (Å²) in [5.41, 5.74) is 4.41. The number of fused-ring (bicyclic) bond motifs is 1. The third-order valence-electron chi connectivity index (χ3n) is 3.59. The third kappa shape index (κ3) is 2.57. The number of benzene rings is 2. The van der Waals surface area contributed by atoms with E-state index >= 15 is 0 Å². The molecule has 0 heterocycles. The molecule has 0 saturated heterocycles. The van der Waals surface area contributed by atoms with Gasteiger partial charge in [0.25, 0.3) is 0 Å². The van der Waals surface area contributed by atoms with Crippen LogP contribution < -0.4 is 0 Å². The van der Waals surface area contributed by atoms with Crippen LogP contribution in [0.15, 0.2) is 36.4 Å². The fourth-order valence-corrected chi connectivity index (χ4v) is 3.21. The molecule has 0 radical (unpaired) electrons. The minimum Gasteiger partial charge on any atom is -0.207 e. The zero-order valence-electron chi connectivity index (χ0n) is 10.3. The van der Waals surface area contributed by atoms with Gasteiger partial charge in [-0.15, -0.1) is 0 Å². The van der Waals surface area contributed by atoms with Gasteiger partial charge in [-0.3, -0.25) is 0 Å². The Morgan fingerprint density at radius 3 is 2.26 bits per heavy atom. The molecule has 0 spiro atoms. The first-order valence-corrected chi connectivity index (χ1v) is 7.27. The second kappa shape index (κ2) is 5.04. The van der Waals surface area contributed by atoms with Crippen molar-refractivity contribution in [2.24, 2.45) is 0 Å². The summed E-state index contributed by atoms with van der Waals surface area (Å²) in [7, 11) is 0. The highest BCUT2D eigenvalue weighted by Gasteiger charge is 2.16. The molecule has 1 atom stereocenters. The number of hydrogen-bond donors (Lipinski definition) is 0. The molecule has 0 N–H and O–H groups in total. The molecule has 2 aromatic carbocycles. The maximum Gasteiger partial charge on any atom is 0.126 e. The van der Waals surface area contributed by atoms with Crippen LogP contribution in [0, 0.1) is 11.6 Å². The maximum atomic E-state index is 13.3. The molecule has 98 valence electrons. The van der Waals surface area contributed by atoms with E-state index in [1.807, 2.05) is 6.07 Å². The summed E-state index contributed by atoms with van der Waals surface area (Å²) in [6.45, 7) is 0. The molecule has 3 rings (SSSR count). The van der Waals surface area contributed by atoms with Crippen LogP contribution in [0.3, 0.4) is 0 Å². The molecular weight excluding hydrogens is 310 g/mol. The Labute approximate surface area is 119 Å². The number of aryl methyl sites for hydroxylation is 2. The topological polar surface area (TPSA) is 0 Å². The van der Waals surface area contributed by atoms with Crippen LogP contribution in [0.1, 0.15) is 33.5 Å². The van der Waals surface area contributed by atoms with Crippen molar-refractivity contribution >= 4 is 15.9 Å². The molecule has 1 aliphatic rings. The molecule has 0 bridgehead atoms. The first-order chi connectivity index (χ1) is 9.13. The van der Waals surface area contributed by atoms with E-state index in [9.17, 15) is 8.78 Å². The van der Waals surface area contributed by atoms with Crippen molar-refractivity contribution in [1.29, 1.82) is 0 Å². The van der Waals surface area contributed by atoms with Crippen LogP contribution in [0.5, 0.6) is 0 Å². The van der Waals surface area contributed by atoms with E-state index in [0.29, 0.717) is 5.56 Å². The minimum atomic E-state index is -0.541. The average Bonchev–Trinajstić information content (AvgIpc) is 2.83. The van der Waals surface area contributed by atoms with Gasteiger partial charge >= 0.3 is 0 Å². The fourth-order valence-electron chi connectivity index (χ4n) is 2.66. The van der Waals surface area contributed by atoms with Crippen molar-refractivity contribution < 1.29 is 8.78 Å². The average molecular weight is 323 g/mol. The van der Waals surface area contributed by atoms with Crippen LogP contribution in [0.25, 0.3) is 0 Å². The van der Waals surface area contributed by atoms with Crippen LogP contribution in [-0.2, 0) is 12.8 Å². The van der Waals surface area contributed by atoms with Gasteiger partial charge in [-0.05, 0) is 53.6 Å². The number of halogens is 3. The Kier molecular flexibility index (Phi) is 3.40. The molecule has 19 heavy (non-hydrogen) atoms. The second-order valence-electron chi connectivity index (χ2n) is 4.95. The molecule has 0 fully saturated rings. The first kappa shape index (κ1) is 12.8. The van der Waals surface area contributed by atoms with Crippen molar-refractivity contribution in [3.05, 3.63) is 70.3 Å². The van der Waals surface area contributed by atoms with Crippen LogP contribution in [-0.4, -0.2) is 0 Å². The molecule has 2 aromatic rings. The number of rotatable bonds is 2. The summed E-state index contributed by atoms with van der Waals surface area (Å²) in [5, 5.41) is 0. The number of hydrogen-bond acceptors (Lipinski definition) is 0. The largest absolute Gasteiger partial charge is 0.207 e. The SMILES string of the molecule is Fc1cc(F)cc(C(Br)c2ccc3c(c2)CCC3)c1. The summed E-state index contributed by atoms with van der Waals surface area (Å²) in [4.78, 5) is -0.177.